The van der Waals surface area contributed by atoms with E-state index < -0.39 is 5.54 Å². The highest BCUT2D eigenvalue weighted by atomic mass is 16.5. The molecule has 2 saturated heterocycles. The van der Waals surface area contributed by atoms with E-state index in [-0.39, 0.29) is 37.0 Å². The fourth-order valence-electron chi connectivity index (χ4n) is 4.94. The molecule has 3 fully saturated rings. The monoisotopic (exact) mass is 443 g/mol. The number of carbonyl (C=O) groups excluding carboxylic acids is 3. The highest BCUT2D eigenvalue weighted by Crippen LogP contribution is 2.38. The number of hydrogen-bond acceptors (Lipinski definition) is 6. The number of hydrogen-bond donors (Lipinski definition) is 2. The van der Waals surface area contributed by atoms with Crippen LogP contribution in [0.1, 0.15) is 32.6 Å². The third-order valence-corrected chi connectivity index (χ3v) is 6.83. The Morgan fingerprint density at radius 3 is 2.62 bits per heavy atom. The van der Waals surface area contributed by atoms with Crippen LogP contribution in [0, 0.1) is 5.92 Å². The number of benzene rings is 1. The molecule has 1 spiro atoms. The van der Waals surface area contributed by atoms with E-state index in [0.29, 0.717) is 12.1 Å². The average molecular weight is 444 g/mol. The quantitative estimate of drug-likeness (QED) is 0.652. The van der Waals surface area contributed by atoms with Crippen LogP contribution in [0.3, 0.4) is 0 Å². The van der Waals surface area contributed by atoms with Crippen molar-refractivity contribution in [2.45, 2.75) is 38.1 Å². The Kier molecular flexibility index (Phi) is 6.66. The van der Waals surface area contributed by atoms with Crippen LogP contribution in [-0.4, -0.2) is 79.7 Å². The standard InChI is InChI=1S/C23H33N5O4/c1-17-5-3-4-10-23(17)21(30)28(22(31)25-23)16-26(2)15-20(29)24-18-6-8-19(9-7-18)27-11-13-32-14-12-27/h6-9,17H,3-5,10-16H2,1-2H3,(H,24,29)(H,25,31)/t17-,23+/m1/s1. The summed E-state index contributed by atoms with van der Waals surface area (Å²) in [6, 6.07) is 7.38. The molecule has 9 heteroatoms. The lowest BCUT2D eigenvalue weighted by Crippen LogP contribution is -2.54. The van der Waals surface area contributed by atoms with Crippen molar-refractivity contribution in [3.05, 3.63) is 24.3 Å². The summed E-state index contributed by atoms with van der Waals surface area (Å²) in [6.45, 7) is 5.36. The molecule has 0 unspecified atom stereocenters. The van der Waals surface area contributed by atoms with Crippen molar-refractivity contribution in [3.8, 4) is 0 Å². The minimum Gasteiger partial charge on any atom is -0.378 e. The van der Waals surface area contributed by atoms with Gasteiger partial charge in [0, 0.05) is 24.5 Å². The number of nitrogens with zero attached hydrogens (tertiary/aromatic N) is 3. The van der Waals surface area contributed by atoms with E-state index in [9.17, 15) is 14.4 Å². The molecule has 3 aliphatic rings. The summed E-state index contributed by atoms with van der Waals surface area (Å²) >= 11 is 0. The van der Waals surface area contributed by atoms with Crippen LogP contribution in [0.15, 0.2) is 24.3 Å². The van der Waals surface area contributed by atoms with E-state index >= 15 is 0 Å². The normalized spacial score (nSPS) is 26.0. The van der Waals surface area contributed by atoms with E-state index in [0.717, 1.165) is 51.3 Å². The van der Waals surface area contributed by atoms with Crippen LogP contribution in [0.4, 0.5) is 16.2 Å². The second kappa shape index (κ2) is 9.46. The molecule has 1 saturated carbocycles. The van der Waals surface area contributed by atoms with Crippen LogP contribution in [0.25, 0.3) is 0 Å². The lowest BCUT2D eigenvalue weighted by molar-refractivity contribution is -0.136. The molecule has 32 heavy (non-hydrogen) atoms. The molecule has 4 rings (SSSR count). The van der Waals surface area contributed by atoms with Gasteiger partial charge in [0.25, 0.3) is 5.91 Å². The van der Waals surface area contributed by atoms with Crippen molar-refractivity contribution < 1.29 is 19.1 Å². The molecule has 0 aromatic heterocycles. The fourth-order valence-corrected chi connectivity index (χ4v) is 4.94. The molecule has 4 amide bonds. The predicted octanol–water partition coefficient (Wildman–Crippen LogP) is 1.85. The molecule has 1 aromatic carbocycles. The Labute approximate surface area is 189 Å². The number of carbonyl (C=O) groups is 3. The van der Waals surface area contributed by atoms with Gasteiger partial charge in [-0.15, -0.1) is 0 Å². The first-order valence-corrected chi connectivity index (χ1v) is 11.4. The second-order valence-corrected chi connectivity index (χ2v) is 9.13. The van der Waals surface area contributed by atoms with Gasteiger partial charge >= 0.3 is 6.03 Å². The lowest BCUT2D eigenvalue weighted by Gasteiger charge is -2.37. The van der Waals surface area contributed by atoms with Crippen molar-refractivity contribution >= 4 is 29.2 Å². The number of rotatable bonds is 6. The van der Waals surface area contributed by atoms with Crippen LogP contribution >= 0.6 is 0 Å². The van der Waals surface area contributed by atoms with Gasteiger partial charge in [0.15, 0.2) is 0 Å². The first kappa shape index (κ1) is 22.5. The first-order chi connectivity index (χ1) is 15.4. The van der Waals surface area contributed by atoms with Gasteiger partial charge in [0.05, 0.1) is 26.4 Å². The number of likely N-dealkylation sites (N-methyl/N-ethyl adjacent to an activating group) is 1. The molecule has 1 aliphatic carbocycles. The minimum absolute atomic E-state index is 0.0742. The average Bonchev–Trinajstić information content (AvgIpc) is 3.01. The maximum Gasteiger partial charge on any atom is 0.326 e. The zero-order valence-electron chi connectivity index (χ0n) is 18.9. The van der Waals surface area contributed by atoms with Crippen molar-refractivity contribution in [3.63, 3.8) is 0 Å². The smallest absolute Gasteiger partial charge is 0.326 e. The third kappa shape index (κ3) is 4.59. The minimum atomic E-state index is -0.777. The molecule has 0 bridgehead atoms. The van der Waals surface area contributed by atoms with Gasteiger partial charge in [-0.2, -0.15) is 0 Å². The molecule has 2 N–H and O–H groups in total. The third-order valence-electron chi connectivity index (χ3n) is 6.83. The van der Waals surface area contributed by atoms with Crippen molar-refractivity contribution in [2.24, 2.45) is 5.92 Å². The summed E-state index contributed by atoms with van der Waals surface area (Å²) in [5.41, 5.74) is 1.04. The van der Waals surface area contributed by atoms with Gasteiger partial charge in [0.1, 0.15) is 5.54 Å². The van der Waals surface area contributed by atoms with Crippen molar-refractivity contribution in [2.75, 3.05) is 56.8 Å². The van der Waals surface area contributed by atoms with E-state index in [1.165, 1.54) is 4.90 Å². The summed E-state index contributed by atoms with van der Waals surface area (Å²) in [6.07, 6.45) is 3.63. The molecule has 1 aromatic rings. The van der Waals surface area contributed by atoms with Gasteiger partial charge in [-0.1, -0.05) is 19.8 Å². The number of urea groups is 1. The highest BCUT2D eigenvalue weighted by Gasteiger charge is 2.54. The summed E-state index contributed by atoms with van der Waals surface area (Å²) in [5.74, 6) is -0.244. The zero-order valence-corrected chi connectivity index (χ0v) is 18.9. The lowest BCUT2D eigenvalue weighted by atomic mass is 9.73. The zero-order chi connectivity index (χ0) is 22.7. The first-order valence-electron chi connectivity index (χ1n) is 11.4. The SMILES string of the molecule is C[C@@H]1CCCC[C@]12NC(=O)N(CN(C)CC(=O)Nc1ccc(N3CCOCC3)cc1)C2=O. The van der Waals surface area contributed by atoms with Crippen molar-refractivity contribution in [1.29, 1.82) is 0 Å². The van der Waals surface area contributed by atoms with E-state index in [2.05, 4.69) is 15.5 Å². The summed E-state index contributed by atoms with van der Waals surface area (Å²) in [4.78, 5) is 43.3. The number of ether oxygens (including phenoxy) is 1. The van der Waals surface area contributed by atoms with Crippen molar-refractivity contribution in [1.82, 2.24) is 15.1 Å². The Morgan fingerprint density at radius 1 is 1.22 bits per heavy atom. The van der Waals surface area contributed by atoms with Gasteiger partial charge in [-0.3, -0.25) is 14.5 Å². The number of anilines is 2. The Hall–Kier alpha value is -2.65. The summed E-state index contributed by atoms with van der Waals surface area (Å²) in [7, 11) is 1.73. The Balaban J connectivity index is 1.29. The molecule has 9 nitrogen and oxygen atoms in total. The highest BCUT2D eigenvalue weighted by molar-refractivity contribution is 6.07. The molecular weight excluding hydrogens is 410 g/mol. The molecule has 2 heterocycles. The van der Waals surface area contributed by atoms with Gasteiger partial charge in [0.2, 0.25) is 5.91 Å². The number of amides is 4. The largest absolute Gasteiger partial charge is 0.378 e. The molecule has 0 radical (unpaired) electrons. The maximum atomic E-state index is 13.1. The Morgan fingerprint density at radius 2 is 1.94 bits per heavy atom. The maximum absolute atomic E-state index is 13.1. The molecular formula is C23H33N5O4. The predicted molar refractivity (Wildman–Crippen MR) is 121 cm³/mol. The van der Waals surface area contributed by atoms with Gasteiger partial charge < -0.3 is 20.3 Å². The van der Waals surface area contributed by atoms with Crippen LogP contribution in [0.2, 0.25) is 0 Å². The topological polar surface area (TPSA) is 94.2 Å². The molecule has 2 aliphatic heterocycles. The number of imide groups is 1. The summed E-state index contributed by atoms with van der Waals surface area (Å²) < 4.78 is 5.38. The van der Waals surface area contributed by atoms with E-state index in [4.69, 9.17) is 4.74 Å². The van der Waals surface area contributed by atoms with E-state index in [1.807, 2.05) is 31.2 Å². The summed E-state index contributed by atoms with van der Waals surface area (Å²) in [5, 5.41) is 5.83. The fraction of sp³-hybridized carbons (Fsp3) is 0.609. The molecule has 2 atom stereocenters. The second-order valence-electron chi connectivity index (χ2n) is 9.13. The molecule has 174 valence electrons. The number of nitrogens with one attached hydrogen (secondary N) is 2. The van der Waals surface area contributed by atoms with Gasteiger partial charge in [-0.25, -0.2) is 9.69 Å². The Bertz CT molecular complexity index is 854. The van der Waals surface area contributed by atoms with Crippen LogP contribution in [-0.2, 0) is 14.3 Å². The van der Waals surface area contributed by atoms with Gasteiger partial charge in [-0.05, 0) is 50.1 Å². The number of morpholine rings is 1. The van der Waals surface area contributed by atoms with Crippen LogP contribution < -0.4 is 15.5 Å². The van der Waals surface area contributed by atoms with Crippen LogP contribution in [0.5, 0.6) is 0 Å². The van der Waals surface area contributed by atoms with E-state index in [1.54, 1.807) is 11.9 Å².